The van der Waals surface area contributed by atoms with Gasteiger partial charge in [-0.3, -0.25) is 4.79 Å². The fourth-order valence-corrected chi connectivity index (χ4v) is 4.78. The molecule has 35 heavy (non-hydrogen) atoms. The number of hydrogen-bond donors (Lipinski definition) is 3. The van der Waals surface area contributed by atoms with Crippen molar-refractivity contribution in [3.63, 3.8) is 0 Å². The van der Waals surface area contributed by atoms with E-state index in [1.54, 1.807) is 12.1 Å². The van der Waals surface area contributed by atoms with E-state index in [1.807, 2.05) is 24.3 Å². The van der Waals surface area contributed by atoms with Crippen molar-refractivity contribution >= 4 is 29.7 Å². The van der Waals surface area contributed by atoms with Gasteiger partial charge in [0.1, 0.15) is 6.61 Å². The second-order valence-corrected chi connectivity index (χ2v) is 9.19. The molecule has 0 heterocycles. The van der Waals surface area contributed by atoms with Crippen LogP contribution in [0.5, 0.6) is 0 Å². The zero-order valence-corrected chi connectivity index (χ0v) is 19.8. The first kappa shape index (κ1) is 24.3. The predicted molar refractivity (Wildman–Crippen MR) is 136 cm³/mol. The Bertz CT molecular complexity index is 1180. The van der Waals surface area contributed by atoms with Crippen molar-refractivity contribution in [3.8, 4) is 11.1 Å². The van der Waals surface area contributed by atoms with E-state index in [0.29, 0.717) is 12.3 Å². The molecule has 3 aromatic rings. The molecule has 0 aromatic heterocycles. The van der Waals surface area contributed by atoms with Gasteiger partial charge in [0.15, 0.2) is 0 Å². The number of aromatic carboxylic acids is 1. The minimum Gasteiger partial charge on any atom is -0.478 e. The molecule has 3 N–H and O–H groups in total. The normalized spacial score (nSPS) is 11.9. The standard InChI is InChI=1S/C27H26N2O5S/c30-25(29-15-18-6-5-7-19(14-18)26(31)32)17-35-13-12-28-27(33)34-16-24-22-10-3-1-8-20(22)21-9-2-4-11-23(21)24/h1-11,14,24H,12-13,15-17H2,(H,28,33)(H,29,30)(H,31,32). The molecule has 0 bridgehead atoms. The number of rotatable bonds is 10. The molecule has 0 spiro atoms. The fraction of sp³-hybridized carbons (Fsp3) is 0.222. The van der Waals surface area contributed by atoms with E-state index in [9.17, 15) is 14.4 Å². The minimum atomic E-state index is -1.00. The van der Waals surface area contributed by atoms with Crippen molar-refractivity contribution in [3.05, 3.63) is 95.1 Å². The maximum Gasteiger partial charge on any atom is 0.407 e. The van der Waals surface area contributed by atoms with Crippen LogP contribution in [0.1, 0.15) is 33.0 Å². The summed E-state index contributed by atoms with van der Waals surface area (Å²) in [6.07, 6.45) is -0.477. The molecule has 0 fully saturated rings. The lowest BCUT2D eigenvalue weighted by Gasteiger charge is -2.14. The van der Waals surface area contributed by atoms with E-state index in [4.69, 9.17) is 9.84 Å². The highest BCUT2D eigenvalue weighted by molar-refractivity contribution is 7.99. The van der Waals surface area contributed by atoms with E-state index in [1.165, 1.54) is 35.0 Å². The van der Waals surface area contributed by atoms with Crippen LogP contribution in [-0.4, -0.2) is 47.7 Å². The van der Waals surface area contributed by atoms with Crippen LogP contribution in [0.4, 0.5) is 4.79 Å². The van der Waals surface area contributed by atoms with Gasteiger partial charge in [-0.25, -0.2) is 9.59 Å². The fourth-order valence-electron chi connectivity index (χ4n) is 4.11. The number of benzene rings is 3. The summed E-state index contributed by atoms with van der Waals surface area (Å²) < 4.78 is 5.50. The van der Waals surface area contributed by atoms with Gasteiger partial charge in [0.05, 0.1) is 11.3 Å². The van der Waals surface area contributed by atoms with Gasteiger partial charge in [0.25, 0.3) is 0 Å². The molecular weight excluding hydrogens is 464 g/mol. The number of fused-ring (bicyclic) bond motifs is 3. The second-order valence-electron chi connectivity index (χ2n) is 8.09. The summed E-state index contributed by atoms with van der Waals surface area (Å²) in [6.45, 7) is 0.909. The molecule has 0 saturated carbocycles. The van der Waals surface area contributed by atoms with E-state index in [2.05, 4.69) is 34.9 Å². The van der Waals surface area contributed by atoms with Crippen LogP contribution in [0.15, 0.2) is 72.8 Å². The molecule has 4 rings (SSSR count). The second kappa shape index (κ2) is 11.6. The van der Waals surface area contributed by atoms with Crippen LogP contribution >= 0.6 is 11.8 Å². The predicted octanol–water partition coefficient (Wildman–Crippen LogP) is 4.27. The first-order valence-corrected chi connectivity index (χ1v) is 12.4. The molecular formula is C27H26N2O5S. The average Bonchev–Trinajstić information content (AvgIpc) is 3.20. The Morgan fingerprint density at radius 3 is 2.26 bits per heavy atom. The Morgan fingerprint density at radius 1 is 0.886 bits per heavy atom. The van der Waals surface area contributed by atoms with Gasteiger partial charge in [-0.2, -0.15) is 11.8 Å². The van der Waals surface area contributed by atoms with Gasteiger partial charge in [-0.1, -0.05) is 60.7 Å². The Kier molecular flexibility index (Phi) is 8.05. The highest BCUT2D eigenvalue weighted by atomic mass is 32.2. The Hall–Kier alpha value is -3.78. The number of hydrogen-bond acceptors (Lipinski definition) is 5. The molecule has 2 amide bonds. The lowest BCUT2D eigenvalue weighted by Crippen LogP contribution is -2.29. The number of amides is 2. The number of thioether (sulfide) groups is 1. The molecule has 0 unspecified atom stereocenters. The summed E-state index contributed by atoms with van der Waals surface area (Å²) in [5, 5.41) is 14.5. The number of carbonyl (C=O) groups is 3. The number of nitrogens with one attached hydrogen (secondary N) is 2. The van der Waals surface area contributed by atoms with Gasteiger partial charge in [0.2, 0.25) is 5.91 Å². The third-order valence-electron chi connectivity index (χ3n) is 5.76. The summed E-state index contributed by atoms with van der Waals surface area (Å²) >= 11 is 1.39. The smallest absolute Gasteiger partial charge is 0.407 e. The van der Waals surface area contributed by atoms with Gasteiger partial charge in [-0.15, -0.1) is 0 Å². The number of carbonyl (C=O) groups excluding carboxylic acids is 2. The van der Waals surface area contributed by atoms with Crippen molar-refractivity contribution in [2.24, 2.45) is 0 Å². The van der Waals surface area contributed by atoms with Crippen molar-refractivity contribution in [1.29, 1.82) is 0 Å². The third kappa shape index (κ3) is 6.22. The molecule has 0 aliphatic heterocycles. The van der Waals surface area contributed by atoms with E-state index >= 15 is 0 Å². The highest BCUT2D eigenvalue weighted by Crippen LogP contribution is 2.44. The molecule has 1 aliphatic rings. The van der Waals surface area contributed by atoms with Crippen LogP contribution in [-0.2, 0) is 16.1 Å². The summed E-state index contributed by atoms with van der Waals surface area (Å²) in [7, 11) is 0. The molecule has 0 saturated heterocycles. The summed E-state index contributed by atoms with van der Waals surface area (Å²) in [5.41, 5.74) is 5.60. The van der Waals surface area contributed by atoms with E-state index < -0.39 is 12.1 Å². The van der Waals surface area contributed by atoms with Gasteiger partial charge in [-0.05, 0) is 39.9 Å². The zero-order valence-electron chi connectivity index (χ0n) is 19.0. The lowest BCUT2D eigenvalue weighted by atomic mass is 9.98. The van der Waals surface area contributed by atoms with Crippen LogP contribution < -0.4 is 10.6 Å². The van der Waals surface area contributed by atoms with Crippen LogP contribution in [0.2, 0.25) is 0 Å². The van der Waals surface area contributed by atoms with Gasteiger partial charge >= 0.3 is 12.1 Å². The maximum absolute atomic E-state index is 12.2. The SMILES string of the molecule is O=C(CSCCNC(=O)OCC1c2ccccc2-c2ccccc21)NCc1cccc(C(=O)O)c1. The van der Waals surface area contributed by atoms with Crippen molar-refractivity contribution in [2.45, 2.75) is 12.5 Å². The third-order valence-corrected chi connectivity index (χ3v) is 6.72. The number of ether oxygens (including phenoxy) is 1. The topological polar surface area (TPSA) is 105 Å². The molecule has 0 radical (unpaired) electrons. The van der Waals surface area contributed by atoms with Crippen molar-refractivity contribution in [2.75, 3.05) is 24.7 Å². The quantitative estimate of drug-likeness (QED) is 0.367. The molecule has 7 nitrogen and oxygen atoms in total. The van der Waals surface area contributed by atoms with Gasteiger partial charge < -0.3 is 20.5 Å². The van der Waals surface area contributed by atoms with Crippen LogP contribution in [0.3, 0.4) is 0 Å². The average molecular weight is 491 g/mol. The Labute approximate surface area is 207 Å². The Balaban J connectivity index is 1.14. The number of carboxylic acid groups (broad SMARTS) is 1. The molecule has 0 atom stereocenters. The first-order valence-electron chi connectivity index (χ1n) is 11.3. The largest absolute Gasteiger partial charge is 0.478 e. The zero-order chi connectivity index (χ0) is 24.6. The van der Waals surface area contributed by atoms with Gasteiger partial charge in [0, 0.05) is 24.8 Å². The first-order chi connectivity index (χ1) is 17.0. The monoisotopic (exact) mass is 490 g/mol. The molecule has 8 heteroatoms. The maximum atomic E-state index is 12.2. The number of carboxylic acids is 1. The van der Waals surface area contributed by atoms with E-state index in [-0.39, 0.29) is 36.3 Å². The van der Waals surface area contributed by atoms with E-state index in [0.717, 1.165) is 16.7 Å². The number of alkyl carbamates (subject to hydrolysis) is 1. The van der Waals surface area contributed by atoms with Crippen molar-refractivity contribution < 1.29 is 24.2 Å². The molecule has 3 aromatic carbocycles. The lowest BCUT2D eigenvalue weighted by molar-refractivity contribution is -0.118. The highest BCUT2D eigenvalue weighted by Gasteiger charge is 2.28. The molecule has 1 aliphatic carbocycles. The van der Waals surface area contributed by atoms with Crippen LogP contribution in [0, 0.1) is 0 Å². The van der Waals surface area contributed by atoms with Crippen LogP contribution in [0.25, 0.3) is 11.1 Å². The Morgan fingerprint density at radius 2 is 1.57 bits per heavy atom. The van der Waals surface area contributed by atoms with Crippen molar-refractivity contribution in [1.82, 2.24) is 10.6 Å². The summed E-state index contributed by atoms with van der Waals surface area (Å²) in [4.78, 5) is 35.2. The summed E-state index contributed by atoms with van der Waals surface area (Å²) in [5.74, 6) is -0.339. The summed E-state index contributed by atoms with van der Waals surface area (Å²) in [6, 6.07) is 22.8. The minimum absolute atomic E-state index is 0.0161. The molecule has 180 valence electrons.